The predicted octanol–water partition coefficient (Wildman–Crippen LogP) is 3.89. The number of rotatable bonds is 7. The molecule has 4 heterocycles. The van der Waals surface area contributed by atoms with E-state index >= 15 is 0 Å². The van der Waals surface area contributed by atoms with Crippen LogP contribution in [0.2, 0.25) is 0 Å². The van der Waals surface area contributed by atoms with Crippen molar-refractivity contribution in [2.75, 3.05) is 13.2 Å². The Hall–Kier alpha value is -3.76. The molecule has 0 spiro atoms. The molecule has 180 valence electrons. The molecule has 2 aromatic heterocycles. The van der Waals surface area contributed by atoms with Crippen molar-refractivity contribution in [1.29, 1.82) is 0 Å². The van der Waals surface area contributed by atoms with Gasteiger partial charge < -0.3 is 29.6 Å². The summed E-state index contributed by atoms with van der Waals surface area (Å²) in [7, 11) is 0. The van der Waals surface area contributed by atoms with Gasteiger partial charge in [0.15, 0.2) is 5.11 Å². The first-order chi connectivity index (χ1) is 16.9. The van der Waals surface area contributed by atoms with Crippen molar-refractivity contribution in [2.24, 2.45) is 0 Å². The van der Waals surface area contributed by atoms with Crippen LogP contribution in [0.4, 0.5) is 0 Å². The van der Waals surface area contributed by atoms with Crippen LogP contribution in [0.1, 0.15) is 57.1 Å². The van der Waals surface area contributed by atoms with Gasteiger partial charge in [0.2, 0.25) is 0 Å². The molecule has 2 aliphatic heterocycles. The van der Waals surface area contributed by atoms with Gasteiger partial charge in [-0.05, 0) is 67.5 Å². The highest BCUT2D eigenvalue weighted by Gasteiger charge is 2.42. The van der Waals surface area contributed by atoms with E-state index in [9.17, 15) is 19.8 Å². The fourth-order valence-electron chi connectivity index (χ4n) is 4.60. The van der Waals surface area contributed by atoms with Gasteiger partial charge in [-0.15, -0.1) is 0 Å². The predicted molar refractivity (Wildman–Crippen MR) is 129 cm³/mol. The van der Waals surface area contributed by atoms with Gasteiger partial charge in [-0.1, -0.05) is 6.07 Å². The summed E-state index contributed by atoms with van der Waals surface area (Å²) in [5, 5.41) is 22.8. The van der Waals surface area contributed by atoms with Crippen LogP contribution in [-0.4, -0.2) is 56.4 Å². The van der Waals surface area contributed by atoms with Crippen molar-refractivity contribution >= 4 is 29.3 Å². The van der Waals surface area contributed by atoms with Crippen LogP contribution in [0, 0.1) is 0 Å². The number of furan rings is 1. The van der Waals surface area contributed by atoms with Crippen LogP contribution in [0.3, 0.4) is 0 Å². The SMILES string of the molecule is O=C(O)c1cc(C(=O)O)cc(-c2ccc([C@@H]3[C@H](c4ccccn4)NC(=S)N3C[C@@H]3CCCO3)o2)c1. The number of aromatic nitrogens is 1. The van der Waals surface area contributed by atoms with Crippen molar-refractivity contribution in [2.45, 2.75) is 31.0 Å². The van der Waals surface area contributed by atoms with E-state index in [0.29, 0.717) is 28.7 Å². The summed E-state index contributed by atoms with van der Waals surface area (Å²) in [6.07, 6.45) is 3.73. The van der Waals surface area contributed by atoms with E-state index < -0.39 is 11.9 Å². The molecule has 2 fully saturated rings. The molecule has 10 heteroatoms. The Morgan fingerprint density at radius 1 is 1.11 bits per heavy atom. The number of aromatic carboxylic acids is 2. The molecular weight excluding hydrogens is 470 g/mol. The maximum Gasteiger partial charge on any atom is 0.335 e. The largest absolute Gasteiger partial charge is 0.478 e. The molecule has 0 radical (unpaired) electrons. The molecule has 0 aliphatic carbocycles. The maximum absolute atomic E-state index is 11.5. The molecular formula is C25H23N3O6S. The summed E-state index contributed by atoms with van der Waals surface area (Å²) >= 11 is 5.68. The second kappa shape index (κ2) is 9.47. The van der Waals surface area contributed by atoms with Gasteiger partial charge in [-0.25, -0.2) is 9.59 Å². The number of nitrogens with one attached hydrogen (secondary N) is 1. The fraction of sp³-hybridized carbons (Fsp3) is 0.280. The van der Waals surface area contributed by atoms with E-state index in [1.807, 2.05) is 29.2 Å². The average Bonchev–Trinajstić information content (AvgIpc) is 3.61. The van der Waals surface area contributed by atoms with Gasteiger partial charge in [0.05, 0.1) is 29.0 Å². The van der Waals surface area contributed by atoms with Crippen molar-refractivity contribution in [3.63, 3.8) is 0 Å². The lowest BCUT2D eigenvalue weighted by molar-refractivity contribution is 0.0696. The van der Waals surface area contributed by atoms with E-state index in [0.717, 1.165) is 31.2 Å². The number of nitrogens with zero attached hydrogens (tertiary/aromatic N) is 2. The van der Waals surface area contributed by atoms with Crippen LogP contribution >= 0.6 is 12.2 Å². The number of pyridine rings is 1. The van der Waals surface area contributed by atoms with E-state index in [-0.39, 0.29) is 29.3 Å². The Balaban J connectivity index is 1.53. The molecule has 3 aromatic rings. The summed E-state index contributed by atoms with van der Waals surface area (Å²) in [6, 6.07) is 12.5. The quantitative estimate of drug-likeness (QED) is 0.417. The van der Waals surface area contributed by atoms with E-state index in [1.54, 1.807) is 12.3 Å². The summed E-state index contributed by atoms with van der Waals surface area (Å²) in [6.45, 7) is 1.32. The number of carbonyl (C=O) groups is 2. The number of hydrogen-bond acceptors (Lipinski definition) is 6. The molecule has 35 heavy (non-hydrogen) atoms. The molecule has 2 saturated heterocycles. The van der Waals surface area contributed by atoms with E-state index in [1.165, 1.54) is 12.1 Å². The first-order valence-electron chi connectivity index (χ1n) is 11.2. The minimum atomic E-state index is -1.22. The summed E-state index contributed by atoms with van der Waals surface area (Å²) in [4.78, 5) is 29.6. The lowest BCUT2D eigenvalue weighted by Gasteiger charge is -2.28. The number of carboxylic acids is 2. The lowest BCUT2D eigenvalue weighted by atomic mass is 10.0. The average molecular weight is 494 g/mol. The summed E-state index contributed by atoms with van der Waals surface area (Å²) < 4.78 is 12.1. The Morgan fingerprint density at radius 2 is 1.89 bits per heavy atom. The Labute approximate surface area is 206 Å². The zero-order chi connectivity index (χ0) is 24.5. The zero-order valence-electron chi connectivity index (χ0n) is 18.6. The molecule has 3 N–H and O–H groups in total. The monoisotopic (exact) mass is 493 g/mol. The highest BCUT2D eigenvalue weighted by Crippen LogP contribution is 2.41. The molecule has 5 rings (SSSR count). The highest BCUT2D eigenvalue weighted by atomic mass is 32.1. The van der Waals surface area contributed by atoms with Crippen molar-refractivity contribution < 1.29 is 29.0 Å². The van der Waals surface area contributed by atoms with Gasteiger partial charge in [0.25, 0.3) is 0 Å². The van der Waals surface area contributed by atoms with Crippen molar-refractivity contribution in [1.82, 2.24) is 15.2 Å². The second-order valence-corrected chi connectivity index (χ2v) is 8.91. The third-order valence-electron chi connectivity index (χ3n) is 6.25. The number of thiocarbonyl (C=S) groups is 1. The standard InChI is InChI=1S/C25H23N3O6S/c29-23(30)15-10-14(11-16(12-15)24(31)32)19-6-7-20(34-19)22-21(18-5-1-2-8-26-18)27-25(35)28(22)13-17-4-3-9-33-17/h1-2,5-8,10-12,17,21-22H,3-4,9,13H2,(H,27,35)(H,29,30)(H,31,32)/t17-,21-,22+/m0/s1. The third kappa shape index (κ3) is 4.62. The molecule has 0 amide bonds. The fourth-order valence-corrected chi connectivity index (χ4v) is 4.92. The Kier molecular flexibility index (Phi) is 6.23. The zero-order valence-corrected chi connectivity index (χ0v) is 19.4. The highest BCUT2D eigenvalue weighted by molar-refractivity contribution is 7.80. The van der Waals surface area contributed by atoms with E-state index in [4.69, 9.17) is 21.4 Å². The normalized spacial score (nSPS) is 21.8. The number of carboxylic acid groups (broad SMARTS) is 2. The van der Waals surface area contributed by atoms with Crippen LogP contribution in [-0.2, 0) is 4.74 Å². The van der Waals surface area contributed by atoms with Crippen LogP contribution in [0.25, 0.3) is 11.3 Å². The molecule has 0 bridgehead atoms. The van der Waals surface area contributed by atoms with Crippen molar-refractivity contribution in [3.05, 3.63) is 77.3 Å². The molecule has 3 atom stereocenters. The van der Waals surface area contributed by atoms with Crippen LogP contribution in [0.15, 0.2) is 59.1 Å². The van der Waals surface area contributed by atoms with Crippen LogP contribution in [0.5, 0.6) is 0 Å². The van der Waals surface area contributed by atoms with Gasteiger partial charge >= 0.3 is 11.9 Å². The van der Waals surface area contributed by atoms with Crippen LogP contribution < -0.4 is 5.32 Å². The van der Waals surface area contributed by atoms with E-state index in [2.05, 4.69) is 10.3 Å². The summed E-state index contributed by atoms with van der Waals surface area (Å²) in [5.41, 5.74) is 0.900. The topological polar surface area (TPSA) is 125 Å². The summed E-state index contributed by atoms with van der Waals surface area (Å²) in [5.74, 6) is -1.48. The van der Waals surface area contributed by atoms with Gasteiger partial charge in [-0.3, -0.25) is 4.98 Å². The Bertz CT molecular complexity index is 1240. The first kappa shape index (κ1) is 23.0. The van der Waals surface area contributed by atoms with Crippen molar-refractivity contribution in [3.8, 4) is 11.3 Å². The lowest BCUT2D eigenvalue weighted by Crippen LogP contribution is -2.36. The molecule has 0 unspecified atom stereocenters. The van der Waals surface area contributed by atoms with Gasteiger partial charge in [0, 0.05) is 24.9 Å². The number of benzene rings is 1. The maximum atomic E-state index is 11.5. The number of ether oxygens (including phenoxy) is 1. The Morgan fingerprint density at radius 3 is 2.51 bits per heavy atom. The molecule has 1 aromatic carbocycles. The minimum absolute atomic E-state index is 0.0551. The molecule has 0 saturated carbocycles. The minimum Gasteiger partial charge on any atom is -0.478 e. The number of hydrogen-bond donors (Lipinski definition) is 3. The molecule has 9 nitrogen and oxygen atoms in total. The smallest absolute Gasteiger partial charge is 0.335 e. The first-order valence-corrected chi connectivity index (χ1v) is 11.6. The third-order valence-corrected chi connectivity index (χ3v) is 6.60. The van der Waals surface area contributed by atoms with Gasteiger partial charge in [0.1, 0.15) is 17.6 Å². The molecule has 2 aliphatic rings. The second-order valence-electron chi connectivity index (χ2n) is 8.53. The van der Waals surface area contributed by atoms with Gasteiger partial charge in [-0.2, -0.15) is 0 Å².